The number of aliphatic carboxylic acids is 1. The summed E-state index contributed by atoms with van der Waals surface area (Å²) in [5.41, 5.74) is 3.18. The first-order chi connectivity index (χ1) is 22.4. The molecule has 2 heterocycles. The van der Waals surface area contributed by atoms with E-state index in [9.17, 15) is 24.3 Å². The van der Waals surface area contributed by atoms with E-state index in [2.05, 4.69) is 20.5 Å². The number of nitrogens with zero attached hydrogens (tertiary/aromatic N) is 3. The zero-order chi connectivity index (χ0) is 32.0. The van der Waals surface area contributed by atoms with Gasteiger partial charge < -0.3 is 25.5 Å². The Morgan fingerprint density at radius 3 is 2.24 bits per heavy atom. The highest BCUT2D eigenvalue weighted by molar-refractivity contribution is 6.02. The molecule has 3 aromatic rings. The number of carboxylic acids is 1. The van der Waals surface area contributed by atoms with Crippen molar-refractivity contribution in [2.75, 3.05) is 36.4 Å². The van der Waals surface area contributed by atoms with Crippen molar-refractivity contribution in [2.24, 2.45) is 11.8 Å². The number of benzene rings is 2. The molecule has 0 radical (unpaired) electrons. The van der Waals surface area contributed by atoms with Gasteiger partial charge in [0.15, 0.2) is 0 Å². The SMILES string of the molecule is O=C(O)CC(NC(=O)c1ccc(N2CCN(C(=O)C3CC3)CC2)c(NC(=O)C(c2ccccc2)C2CCCC2)c1)c1cccnc1. The molecule has 1 aromatic heterocycles. The van der Waals surface area contributed by atoms with E-state index in [1.807, 2.05) is 41.3 Å². The lowest BCUT2D eigenvalue weighted by Crippen LogP contribution is -2.49. The minimum atomic E-state index is -1.05. The number of amides is 3. The number of piperazine rings is 1. The summed E-state index contributed by atoms with van der Waals surface area (Å²) in [6, 6.07) is 17.7. The van der Waals surface area contributed by atoms with Crippen molar-refractivity contribution in [3.8, 4) is 0 Å². The molecule has 3 N–H and O–H groups in total. The summed E-state index contributed by atoms with van der Waals surface area (Å²) in [6.45, 7) is 2.42. The largest absolute Gasteiger partial charge is 0.481 e. The van der Waals surface area contributed by atoms with E-state index in [1.165, 1.54) is 0 Å². The molecule has 1 saturated heterocycles. The molecular weight excluding hydrogens is 582 g/mol. The molecule has 2 aromatic carbocycles. The Hall–Kier alpha value is -4.73. The lowest BCUT2D eigenvalue weighted by molar-refractivity contribution is -0.137. The second-order valence-corrected chi connectivity index (χ2v) is 12.7. The number of hydrogen-bond donors (Lipinski definition) is 3. The van der Waals surface area contributed by atoms with Crippen molar-refractivity contribution in [1.82, 2.24) is 15.2 Å². The van der Waals surface area contributed by atoms with Gasteiger partial charge in [-0.05, 0) is 67.0 Å². The number of hydrogen-bond acceptors (Lipinski definition) is 6. The molecule has 2 unspecified atom stereocenters. The summed E-state index contributed by atoms with van der Waals surface area (Å²) >= 11 is 0. The predicted molar refractivity (Wildman–Crippen MR) is 174 cm³/mol. The maximum Gasteiger partial charge on any atom is 0.305 e. The van der Waals surface area contributed by atoms with Crippen LogP contribution in [0, 0.1) is 11.8 Å². The number of anilines is 2. The third-order valence-electron chi connectivity index (χ3n) is 9.46. The van der Waals surface area contributed by atoms with Gasteiger partial charge >= 0.3 is 5.97 Å². The number of pyridine rings is 1. The van der Waals surface area contributed by atoms with Crippen LogP contribution in [0.5, 0.6) is 0 Å². The van der Waals surface area contributed by atoms with Gasteiger partial charge in [-0.1, -0.05) is 49.2 Å². The van der Waals surface area contributed by atoms with Crippen molar-refractivity contribution < 1.29 is 24.3 Å². The van der Waals surface area contributed by atoms with E-state index in [4.69, 9.17) is 0 Å². The van der Waals surface area contributed by atoms with Crippen LogP contribution in [0.25, 0.3) is 0 Å². The van der Waals surface area contributed by atoms with E-state index in [0.29, 0.717) is 43.0 Å². The zero-order valence-electron chi connectivity index (χ0n) is 25.9. The average molecular weight is 624 g/mol. The number of carboxylic acid groups (broad SMARTS) is 1. The molecule has 240 valence electrons. The van der Waals surface area contributed by atoms with E-state index in [0.717, 1.165) is 49.8 Å². The minimum absolute atomic E-state index is 0.112. The van der Waals surface area contributed by atoms with Crippen LogP contribution in [0.4, 0.5) is 11.4 Å². The second kappa shape index (κ2) is 14.1. The van der Waals surface area contributed by atoms with E-state index in [-0.39, 0.29) is 36.0 Å². The molecule has 2 atom stereocenters. The number of rotatable bonds is 11. The highest BCUT2D eigenvalue weighted by atomic mass is 16.4. The topological polar surface area (TPSA) is 132 Å². The summed E-state index contributed by atoms with van der Waals surface area (Å²) in [7, 11) is 0. The fourth-order valence-corrected chi connectivity index (χ4v) is 6.86. The Morgan fingerprint density at radius 1 is 0.870 bits per heavy atom. The molecular formula is C36H41N5O5. The number of carbonyl (C=O) groups excluding carboxylic acids is 3. The molecule has 2 saturated carbocycles. The fourth-order valence-electron chi connectivity index (χ4n) is 6.86. The Balaban J connectivity index is 1.28. The van der Waals surface area contributed by atoms with Crippen LogP contribution >= 0.6 is 0 Å². The molecule has 0 bridgehead atoms. The summed E-state index contributed by atoms with van der Waals surface area (Å²) in [6.07, 6.45) is 8.93. The molecule has 2 aliphatic carbocycles. The molecule has 46 heavy (non-hydrogen) atoms. The molecule has 3 amide bonds. The van der Waals surface area contributed by atoms with Crippen LogP contribution in [0.1, 0.15) is 78.4 Å². The Labute approximate surface area is 269 Å². The van der Waals surface area contributed by atoms with E-state index < -0.39 is 17.9 Å². The Bertz CT molecular complexity index is 1550. The highest BCUT2D eigenvalue weighted by Crippen LogP contribution is 2.39. The monoisotopic (exact) mass is 623 g/mol. The standard InChI is InChI=1S/C36H41N5O5/c42-32(43)22-29(28-11-6-16-37-23-28)38-34(44)27-14-15-31(40-17-19-41(20-18-40)36(46)26-12-13-26)30(21-27)39-35(45)33(25-9-4-5-10-25)24-7-2-1-3-8-24/h1-3,6-8,11,14-16,21,23,25-26,29,33H,4-5,9-10,12-13,17-20,22H2,(H,38,44)(H,39,45)(H,42,43). The Kier molecular flexibility index (Phi) is 9.61. The molecule has 1 aliphatic heterocycles. The zero-order valence-corrected chi connectivity index (χ0v) is 25.9. The van der Waals surface area contributed by atoms with Gasteiger partial charge in [-0.2, -0.15) is 0 Å². The van der Waals surface area contributed by atoms with Gasteiger partial charge in [-0.25, -0.2) is 0 Å². The van der Waals surface area contributed by atoms with Gasteiger partial charge in [0.1, 0.15) is 0 Å². The van der Waals surface area contributed by atoms with E-state index in [1.54, 1.807) is 36.7 Å². The van der Waals surface area contributed by atoms with Gasteiger partial charge in [0.05, 0.1) is 29.8 Å². The lowest BCUT2D eigenvalue weighted by atomic mass is 9.84. The molecule has 3 aliphatic rings. The van der Waals surface area contributed by atoms with Gasteiger partial charge in [-0.15, -0.1) is 0 Å². The Morgan fingerprint density at radius 2 is 1.59 bits per heavy atom. The van der Waals surface area contributed by atoms with Crippen molar-refractivity contribution in [2.45, 2.75) is 56.9 Å². The predicted octanol–water partition coefficient (Wildman–Crippen LogP) is 5.00. The molecule has 3 fully saturated rings. The minimum Gasteiger partial charge on any atom is -0.481 e. The maximum absolute atomic E-state index is 14.2. The van der Waals surface area contributed by atoms with Crippen LogP contribution in [-0.2, 0) is 14.4 Å². The third kappa shape index (κ3) is 7.38. The molecule has 6 rings (SSSR count). The first-order valence-corrected chi connectivity index (χ1v) is 16.3. The lowest BCUT2D eigenvalue weighted by Gasteiger charge is -2.37. The normalized spacial score (nSPS) is 18.1. The van der Waals surface area contributed by atoms with Gasteiger partial charge in [-0.3, -0.25) is 24.2 Å². The summed E-state index contributed by atoms with van der Waals surface area (Å²) in [4.78, 5) is 60.3. The highest BCUT2D eigenvalue weighted by Gasteiger charge is 2.36. The third-order valence-corrected chi connectivity index (χ3v) is 9.46. The van der Waals surface area contributed by atoms with Crippen molar-refractivity contribution in [3.63, 3.8) is 0 Å². The average Bonchev–Trinajstić information content (AvgIpc) is 3.80. The number of aromatic nitrogens is 1. The van der Waals surface area contributed by atoms with Crippen molar-refractivity contribution in [3.05, 3.63) is 89.7 Å². The van der Waals surface area contributed by atoms with Gasteiger partial charge in [0, 0.05) is 50.1 Å². The van der Waals surface area contributed by atoms with Crippen LogP contribution < -0.4 is 15.5 Å². The number of nitrogens with one attached hydrogen (secondary N) is 2. The van der Waals surface area contributed by atoms with Crippen LogP contribution in [0.3, 0.4) is 0 Å². The van der Waals surface area contributed by atoms with Gasteiger partial charge in [0.25, 0.3) is 5.91 Å². The van der Waals surface area contributed by atoms with Crippen LogP contribution in [0.2, 0.25) is 0 Å². The molecule has 10 heteroatoms. The maximum atomic E-state index is 14.2. The summed E-state index contributed by atoms with van der Waals surface area (Å²) < 4.78 is 0. The van der Waals surface area contributed by atoms with Crippen LogP contribution in [0.15, 0.2) is 73.1 Å². The fraction of sp³-hybridized carbons (Fsp3) is 0.417. The first-order valence-electron chi connectivity index (χ1n) is 16.3. The number of carbonyl (C=O) groups is 4. The first kappa shape index (κ1) is 31.3. The van der Waals surface area contributed by atoms with Crippen molar-refractivity contribution >= 4 is 35.1 Å². The van der Waals surface area contributed by atoms with Crippen molar-refractivity contribution in [1.29, 1.82) is 0 Å². The van der Waals surface area contributed by atoms with Crippen LogP contribution in [-0.4, -0.2) is 64.9 Å². The van der Waals surface area contributed by atoms with E-state index >= 15 is 0 Å². The second-order valence-electron chi connectivity index (χ2n) is 12.7. The van der Waals surface area contributed by atoms with Gasteiger partial charge in [0.2, 0.25) is 11.8 Å². The quantitative estimate of drug-likeness (QED) is 0.274. The molecule has 0 spiro atoms. The summed E-state index contributed by atoms with van der Waals surface area (Å²) in [5, 5.41) is 15.6. The smallest absolute Gasteiger partial charge is 0.305 e. The molecule has 10 nitrogen and oxygen atoms in total. The summed E-state index contributed by atoms with van der Waals surface area (Å²) in [5.74, 6) is -1.31.